The van der Waals surface area contributed by atoms with E-state index in [9.17, 15) is 8.96 Å². The molecule has 0 saturated carbocycles. The number of pyridine rings is 1. The Balaban J connectivity index is 1.35. The highest BCUT2D eigenvalue weighted by Crippen LogP contribution is 2.35. The molecule has 0 spiro atoms. The molecule has 0 bridgehead atoms. The maximum Gasteiger partial charge on any atom is 0.240 e. The minimum atomic E-state index is -3.09. The number of anilines is 4. The SMILES string of the molecule is CCNP(=O)(NCC)c1ccc(Nc2cnc3c(n2)N(Cc2ccc4ncccc4c2)NN3)c(F)c1. The van der Waals surface area contributed by atoms with Gasteiger partial charge in [-0.25, -0.2) is 14.4 Å². The van der Waals surface area contributed by atoms with Crippen LogP contribution < -0.4 is 36.8 Å². The van der Waals surface area contributed by atoms with Gasteiger partial charge in [0.1, 0.15) is 5.82 Å². The number of fused-ring (bicyclic) bond motifs is 2. The number of benzene rings is 2. The molecule has 0 fully saturated rings. The highest BCUT2D eigenvalue weighted by atomic mass is 31.2. The largest absolute Gasteiger partial charge is 0.336 e. The molecule has 10 nitrogen and oxygen atoms in total. The van der Waals surface area contributed by atoms with Crippen LogP contribution in [0.2, 0.25) is 0 Å². The monoisotopic (exact) mass is 507 g/mol. The first kappa shape index (κ1) is 24.1. The van der Waals surface area contributed by atoms with Crippen LogP contribution in [0.25, 0.3) is 10.9 Å². The molecule has 0 atom stereocenters. The molecule has 1 aliphatic heterocycles. The summed E-state index contributed by atoms with van der Waals surface area (Å²) in [5.41, 5.74) is 8.27. The molecule has 186 valence electrons. The number of hydrogen-bond donors (Lipinski definition) is 5. The molecule has 3 heterocycles. The lowest BCUT2D eigenvalue weighted by Gasteiger charge is -2.20. The zero-order valence-corrected chi connectivity index (χ0v) is 20.8. The number of aromatic nitrogens is 3. The van der Waals surface area contributed by atoms with Gasteiger partial charge >= 0.3 is 0 Å². The second-order valence-electron chi connectivity index (χ2n) is 8.20. The average molecular weight is 508 g/mol. The van der Waals surface area contributed by atoms with E-state index in [4.69, 9.17) is 0 Å². The molecular formula is C24H27FN9OP. The van der Waals surface area contributed by atoms with Crippen molar-refractivity contribution in [1.82, 2.24) is 30.7 Å². The standard InChI is InChI=1S/C24H27FN9OP/c1-3-28-36(35,29-4-2)18-8-10-21(19(25)13-18)30-22-14-27-23-24(31-22)34(33-32-23)15-16-7-9-20-17(12-16)6-5-11-26-20/h5-14,33H,3-4,15H2,1-2H3,(H,27,32)(H,30,31)(H2,28,29,35). The fourth-order valence-electron chi connectivity index (χ4n) is 4.03. The van der Waals surface area contributed by atoms with Crippen molar-refractivity contribution in [2.75, 3.05) is 28.8 Å². The first-order valence-electron chi connectivity index (χ1n) is 11.7. The van der Waals surface area contributed by atoms with Crippen molar-refractivity contribution in [3.8, 4) is 0 Å². The van der Waals surface area contributed by atoms with E-state index < -0.39 is 13.3 Å². The van der Waals surface area contributed by atoms with Crippen molar-refractivity contribution in [3.05, 3.63) is 72.3 Å². The van der Waals surface area contributed by atoms with Gasteiger partial charge in [0.2, 0.25) is 7.44 Å². The minimum Gasteiger partial charge on any atom is -0.336 e. The number of halogens is 1. The Hall–Kier alpha value is -3.63. The third kappa shape index (κ3) is 4.87. The van der Waals surface area contributed by atoms with Crippen LogP contribution in [-0.4, -0.2) is 28.0 Å². The van der Waals surface area contributed by atoms with Crippen LogP contribution in [0.5, 0.6) is 0 Å². The molecule has 4 aromatic rings. The highest BCUT2D eigenvalue weighted by Gasteiger charge is 2.25. The predicted octanol–water partition coefficient (Wildman–Crippen LogP) is 3.80. The molecule has 1 aliphatic rings. The van der Waals surface area contributed by atoms with Gasteiger partial charge in [-0.2, -0.15) is 0 Å². The van der Waals surface area contributed by atoms with Gasteiger partial charge in [0.25, 0.3) is 0 Å². The molecule has 0 saturated heterocycles. The van der Waals surface area contributed by atoms with E-state index in [1.165, 1.54) is 12.3 Å². The Bertz CT molecular complexity index is 1440. The summed E-state index contributed by atoms with van der Waals surface area (Å²) >= 11 is 0. The summed E-state index contributed by atoms with van der Waals surface area (Å²) in [7, 11) is -3.09. The summed E-state index contributed by atoms with van der Waals surface area (Å²) < 4.78 is 28.2. The molecule has 0 radical (unpaired) electrons. The molecule has 12 heteroatoms. The van der Waals surface area contributed by atoms with Crippen LogP contribution in [0, 0.1) is 5.82 Å². The molecule has 0 unspecified atom stereocenters. The quantitative estimate of drug-likeness (QED) is 0.214. The second kappa shape index (κ2) is 10.2. The Kier molecular flexibility index (Phi) is 6.80. The zero-order chi connectivity index (χ0) is 25.1. The third-order valence-electron chi connectivity index (χ3n) is 5.67. The fraction of sp³-hybridized carbons (Fsp3) is 0.208. The fourth-order valence-corrected chi connectivity index (χ4v) is 5.98. The summed E-state index contributed by atoms with van der Waals surface area (Å²) in [6, 6.07) is 14.5. The molecule has 36 heavy (non-hydrogen) atoms. The lowest BCUT2D eigenvalue weighted by molar-refractivity contribution is 0.563. The molecular weight excluding hydrogens is 480 g/mol. The Labute approximate surface area is 208 Å². The van der Waals surface area contributed by atoms with Crippen LogP contribution in [0.1, 0.15) is 19.4 Å². The van der Waals surface area contributed by atoms with E-state index in [0.717, 1.165) is 16.5 Å². The van der Waals surface area contributed by atoms with E-state index >= 15 is 0 Å². The number of hydrazine groups is 2. The van der Waals surface area contributed by atoms with Crippen molar-refractivity contribution in [3.63, 3.8) is 0 Å². The maximum atomic E-state index is 15.0. The van der Waals surface area contributed by atoms with Crippen molar-refractivity contribution < 1.29 is 8.96 Å². The van der Waals surface area contributed by atoms with Crippen LogP contribution in [0.3, 0.4) is 0 Å². The van der Waals surface area contributed by atoms with E-state index in [1.54, 1.807) is 18.3 Å². The second-order valence-corrected chi connectivity index (χ2v) is 10.6. The van der Waals surface area contributed by atoms with Crippen molar-refractivity contribution >= 4 is 46.8 Å². The van der Waals surface area contributed by atoms with Gasteiger partial charge in [-0.1, -0.05) is 26.0 Å². The van der Waals surface area contributed by atoms with E-state index in [0.29, 0.717) is 42.4 Å². The Morgan fingerprint density at radius 2 is 1.89 bits per heavy atom. The first-order valence-corrected chi connectivity index (χ1v) is 13.4. The molecule has 2 aromatic heterocycles. The molecule has 0 amide bonds. The summed E-state index contributed by atoms with van der Waals surface area (Å²) in [5, 5.41) is 12.1. The minimum absolute atomic E-state index is 0.208. The van der Waals surface area contributed by atoms with Gasteiger partial charge in [0.15, 0.2) is 17.5 Å². The molecule has 5 rings (SSSR count). The lowest BCUT2D eigenvalue weighted by atomic mass is 10.1. The normalized spacial score (nSPS) is 13.0. The number of hydrogen-bond acceptors (Lipinski definition) is 8. The average Bonchev–Trinajstić information content (AvgIpc) is 3.27. The van der Waals surface area contributed by atoms with E-state index in [1.807, 2.05) is 43.1 Å². The molecule has 2 aromatic carbocycles. The van der Waals surface area contributed by atoms with Crippen LogP contribution in [-0.2, 0) is 11.1 Å². The summed E-state index contributed by atoms with van der Waals surface area (Å²) in [5.74, 6) is 0.979. The summed E-state index contributed by atoms with van der Waals surface area (Å²) in [6.45, 7) is 5.21. The smallest absolute Gasteiger partial charge is 0.240 e. The predicted molar refractivity (Wildman–Crippen MR) is 141 cm³/mol. The number of nitrogens with one attached hydrogen (secondary N) is 5. The van der Waals surface area contributed by atoms with Crippen molar-refractivity contribution in [2.45, 2.75) is 20.4 Å². The van der Waals surface area contributed by atoms with Crippen molar-refractivity contribution in [1.29, 1.82) is 0 Å². The van der Waals surface area contributed by atoms with E-state index in [-0.39, 0.29) is 5.69 Å². The number of nitrogens with zero attached hydrogens (tertiary/aromatic N) is 4. The van der Waals surface area contributed by atoms with Crippen molar-refractivity contribution in [2.24, 2.45) is 0 Å². The topological polar surface area (TPSA) is 119 Å². The van der Waals surface area contributed by atoms with Gasteiger partial charge < -0.3 is 5.32 Å². The molecule has 0 aliphatic carbocycles. The highest BCUT2D eigenvalue weighted by molar-refractivity contribution is 7.67. The van der Waals surface area contributed by atoms with Gasteiger partial charge in [-0.05, 0) is 42.0 Å². The van der Waals surface area contributed by atoms with Crippen LogP contribution >= 0.6 is 7.44 Å². The van der Waals surface area contributed by atoms with Crippen LogP contribution in [0.15, 0.2) is 60.9 Å². The number of rotatable bonds is 9. The van der Waals surface area contributed by atoms with Gasteiger partial charge in [0.05, 0.1) is 23.9 Å². The Morgan fingerprint density at radius 3 is 2.67 bits per heavy atom. The Morgan fingerprint density at radius 1 is 1.06 bits per heavy atom. The van der Waals surface area contributed by atoms with Crippen LogP contribution in [0.4, 0.5) is 27.5 Å². The first-order chi connectivity index (χ1) is 17.5. The van der Waals surface area contributed by atoms with Gasteiger partial charge in [-0.3, -0.25) is 30.2 Å². The summed E-state index contributed by atoms with van der Waals surface area (Å²) in [4.78, 5) is 13.4. The van der Waals surface area contributed by atoms with Gasteiger partial charge in [-0.15, -0.1) is 5.53 Å². The lowest BCUT2D eigenvalue weighted by Crippen LogP contribution is -2.35. The van der Waals surface area contributed by atoms with E-state index in [2.05, 4.69) is 47.5 Å². The maximum absolute atomic E-state index is 15.0. The zero-order valence-electron chi connectivity index (χ0n) is 19.9. The molecule has 5 N–H and O–H groups in total. The third-order valence-corrected chi connectivity index (χ3v) is 8.20. The summed E-state index contributed by atoms with van der Waals surface area (Å²) in [6.07, 6.45) is 3.29. The van der Waals surface area contributed by atoms with Gasteiger partial charge in [0, 0.05) is 30.0 Å².